The fourth-order valence-electron chi connectivity index (χ4n) is 3.15. The molecule has 3 rings (SSSR count). The predicted molar refractivity (Wildman–Crippen MR) is 112 cm³/mol. The predicted octanol–water partition coefficient (Wildman–Crippen LogP) is 5.31. The minimum Gasteiger partial charge on any atom is -0.459 e. The Hall–Kier alpha value is -1.79. The van der Waals surface area contributed by atoms with Crippen LogP contribution in [0.2, 0.25) is 0 Å². The van der Waals surface area contributed by atoms with Gasteiger partial charge in [0.05, 0.1) is 17.4 Å². The van der Waals surface area contributed by atoms with Crippen molar-refractivity contribution in [1.82, 2.24) is 0 Å². The lowest BCUT2D eigenvalue weighted by Crippen LogP contribution is -2.18. The molecule has 4 nitrogen and oxygen atoms in total. The molecule has 0 unspecified atom stereocenters. The molecular weight excluding hydrogens is 378 g/mol. The molecule has 1 aromatic heterocycles. The number of esters is 1. The normalized spacial score (nSPS) is 13.7. The molecule has 1 heterocycles. The molecule has 0 radical (unpaired) electrons. The molecule has 0 fully saturated rings. The molecule has 1 aliphatic rings. The van der Waals surface area contributed by atoms with Crippen molar-refractivity contribution in [2.75, 3.05) is 11.1 Å². The third-order valence-corrected chi connectivity index (χ3v) is 6.55. The molecular formula is C21H25NO3S2. The lowest BCUT2D eigenvalue weighted by atomic mass is 10.1. The Morgan fingerprint density at radius 2 is 1.89 bits per heavy atom. The van der Waals surface area contributed by atoms with Gasteiger partial charge in [-0.15, -0.1) is 23.1 Å². The summed E-state index contributed by atoms with van der Waals surface area (Å²) in [4.78, 5) is 27.5. The lowest BCUT2D eigenvalue weighted by Gasteiger charge is -2.11. The number of thiophene rings is 1. The highest BCUT2D eigenvalue weighted by Gasteiger charge is 2.27. The molecule has 0 spiro atoms. The zero-order chi connectivity index (χ0) is 19.2. The van der Waals surface area contributed by atoms with Gasteiger partial charge in [0.25, 0.3) is 0 Å². The van der Waals surface area contributed by atoms with E-state index in [1.54, 1.807) is 0 Å². The number of hydrogen-bond donors (Lipinski definition) is 1. The summed E-state index contributed by atoms with van der Waals surface area (Å²) in [7, 11) is 0. The maximum atomic E-state index is 12.7. The number of carbonyl (C=O) groups is 2. The summed E-state index contributed by atoms with van der Waals surface area (Å²) in [5.74, 6) is -0.111. The second-order valence-corrected chi connectivity index (χ2v) is 9.03. The van der Waals surface area contributed by atoms with Gasteiger partial charge in [0, 0.05) is 9.77 Å². The number of anilines is 1. The summed E-state index contributed by atoms with van der Waals surface area (Å²) in [6, 6.07) is 9.83. The average Bonchev–Trinajstić information content (AvgIpc) is 2.81. The van der Waals surface area contributed by atoms with Gasteiger partial charge in [0.15, 0.2) is 0 Å². The summed E-state index contributed by atoms with van der Waals surface area (Å²) in [5, 5.41) is 3.62. The van der Waals surface area contributed by atoms with E-state index in [4.69, 9.17) is 4.74 Å². The van der Waals surface area contributed by atoms with E-state index < -0.39 is 0 Å². The molecule has 1 aliphatic carbocycles. The number of hydrogen-bond acceptors (Lipinski definition) is 5. The first-order chi connectivity index (χ1) is 13.0. The van der Waals surface area contributed by atoms with Crippen molar-refractivity contribution in [2.24, 2.45) is 0 Å². The molecule has 6 heteroatoms. The Morgan fingerprint density at radius 3 is 2.63 bits per heavy atom. The zero-order valence-electron chi connectivity index (χ0n) is 15.7. The number of ether oxygens (including phenoxy) is 1. The lowest BCUT2D eigenvalue weighted by molar-refractivity contribution is -0.113. The maximum absolute atomic E-state index is 12.7. The third-order valence-electron chi connectivity index (χ3n) is 4.33. The van der Waals surface area contributed by atoms with Gasteiger partial charge in [0.1, 0.15) is 5.00 Å². The van der Waals surface area contributed by atoms with Gasteiger partial charge in [-0.3, -0.25) is 4.79 Å². The molecule has 0 saturated carbocycles. The first-order valence-electron chi connectivity index (χ1n) is 9.38. The van der Waals surface area contributed by atoms with E-state index in [-0.39, 0.29) is 18.0 Å². The SMILES string of the molecule is CC(C)OC(=O)c1c(NC(=O)CSc2ccccc2)sc2c1CCCCC2. The molecule has 1 N–H and O–H groups in total. The Bertz CT molecular complexity index is 799. The largest absolute Gasteiger partial charge is 0.459 e. The van der Waals surface area contributed by atoms with Crippen LogP contribution in [0.5, 0.6) is 0 Å². The van der Waals surface area contributed by atoms with E-state index in [2.05, 4.69) is 5.32 Å². The van der Waals surface area contributed by atoms with Crippen LogP contribution in [0.1, 0.15) is 53.9 Å². The molecule has 144 valence electrons. The van der Waals surface area contributed by atoms with Crippen LogP contribution in [-0.2, 0) is 22.4 Å². The van der Waals surface area contributed by atoms with E-state index in [1.165, 1.54) is 34.4 Å². The fourth-order valence-corrected chi connectivity index (χ4v) is 5.16. The van der Waals surface area contributed by atoms with E-state index in [9.17, 15) is 9.59 Å². The van der Waals surface area contributed by atoms with Crippen LogP contribution in [-0.4, -0.2) is 23.7 Å². The summed E-state index contributed by atoms with van der Waals surface area (Å²) in [6.45, 7) is 3.69. The van der Waals surface area contributed by atoms with Crippen molar-refractivity contribution in [3.05, 3.63) is 46.3 Å². The third kappa shape index (κ3) is 5.36. The minimum absolute atomic E-state index is 0.0983. The van der Waals surface area contributed by atoms with E-state index in [0.717, 1.165) is 36.1 Å². The molecule has 1 aromatic carbocycles. The maximum Gasteiger partial charge on any atom is 0.341 e. The molecule has 1 amide bonds. The highest BCUT2D eigenvalue weighted by molar-refractivity contribution is 8.00. The van der Waals surface area contributed by atoms with Crippen LogP contribution in [0.3, 0.4) is 0 Å². The Balaban J connectivity index is 1.77. The molecule has 0 bridgehead atoms. The van der Waals surface area contributed by atoms with Crippen molar-refractivity contribution in [2.45, 2.75) is 57.0 Å². The highest BCUT2D eigenvalue weighted by Crippen LogP contribution is 2.38. The average molecular weight is 404 g/mol. The number of amides is 1. The molecule has 0 aliphatic heterocycles. The van der Waals surface area contributed by atoms with Crippen molar-refractivity contribution >= 4 is 40.0 Å². The smallest absolute Gasteiger partial charge is 0.341 e. The number of nitrogens with one attached hydrogen (secondary N) is 1. The second kappa shape index (κ2) is 9.42. The molecule has 0 atom stereocenters. The van der Waals surface area contributed by atoms with Crippen molar-refractivity contribution in [3.8, 4) is 0 Å². The standard InChI is InChI=1S/C21H25NO3S2/c1-14(2)25-21(24)19-16-11-7-4-8-12-17(16)27-20(19)22-18(23)13-26-15-9-5-3-6-10-15/h3,5-6,9-10,14H,4,7-8,11-13H2,1-2H3,(H,22,23). The Morgan fingerprint density at radius 1 is 1.15 bits per heavy atom. The number of fused-ring (bicyclic) bond motifs is 1. The molecule has 27 heavy (non-hydrogen) atoms. The van der Waals surface area contributed by atoms with Crippen LogP contribution < -0.4 is 5.32 Å². The van der Waals surface area contributed by atoms with Crippen molar-refractivity contribution < 1.29 is 14.3 Å². The summed E-state index contributed by atoms with van der Waals surface area (Å²) >= 11 is 3.03. The number of rotatable bonds is 6. The van der Waals surface area contributed by atoms with Gasteiger partial charge in [-0.1, -0.05) is 24.6 Å². The van der Waals surface area contributed by atoms with E-state index in [0.29, 0.717) is 16.3 Å². The van der Waals surface area contributed by atoms with Gasteiger partial charge in [-0.25, -0.2) is 4.79 Å². The van der Waals surface area contributed by atoms with Gasteiger partial charge < -0.3 is 10.1 Å². The number of carbonyl (C=O) groups excluding carboxylic acids is 2. The van der Waals surface area contributed by atoms with Crippen LogP contribution >= 0.6 is 23.1 Å². The first kappa shape index (κ1) is 20.0. The van der Waals surface area contributed by atoms with Crippen molar-refractivity contribution in [3.63, 3.8) is 0 Å². The molecule has 2 aromatic rings. The zero-order valence-corrected chi connectivity index (χ0v) is 17.4. The van der Waals surface area contributed by atoms with E-state index in [1.807, 2.05) is 44.2 Å². The van der Waals surface area contributed by atoms with Gasteiger partial charge in [0.2, 0.25) is 5.91 Å². The number of aryl methyl sites for hydroxylation is 1. The van der Waals surface area contributed by atoms with Gasteiger partial charge in [-0.2, -0.15) is 0 Å². The van der Waals surface area contributed by atoms with Crippen LogP contribution in [0.4, 0.5) is 5.00 Å². The summed E-state index contributed by atoms with van der Waals surface area (Å²) in [5.41, 5.74) is 1.65. The monoisotopic (exact) mass is 403 g/mol. The Labute approximate surface area is 168 Å². The Kier molecular flexibility index (Phi) is 6.96. The number of benzene rings is 1. The van der Waals surface area contributed by atoms with Crippen LogP contribution in [0, 0.1) is 0 Å². The minimum atomic E-state index is -0.324. The second-order valence-electron chi connectivity index (χ2n) is 6.87. The summed E-state index contributed by atoms with van der Waals surface area (Å²) in [6.07, 6.45) is 5.04. The highest BCUT2D eigenvalue weighted by atomic mass is 32.2. The van der Waals surface area contributed by atoms with Gasteiger partial charge >= 0.3 is 5.97 Å². The van der Waals surface area contributed by atoms with Crippen LogP contribution in [0.25, 0.3) is 0 Å². The molecule has 0 saturated heterocycles. The topological polar surface area (TPSA) is 55.4 Å². The fraction of sp³-hybridized carbons (Fsp3) is 0.429. The van der Waals surface area contributed by atoms with Crippen molar-refractivity contribution in [1.29, 1.82) is 0 Å². The van der Waals surface area contributed by atoms with Crippen LogP contribution in [0.15, 0.2) is 35.2 Å². The summed E-state index contributed by atoms with van der Waals surface area (Å²) < 4.78 is 5.46. The number of thioether (sulfide) groups is 1. The quantitative estimate of drug-likeness (QED) is 0.403. The first-order valence-corrected chi connectivity index (χ1v) is 11.2. The van der Waals surface area contributed by atoms with Gasteiger partial charge in [-0.05, 0) is 57.2 Å². The van der Waals surface area contributed by atoms with E-state index >= 15 is 0 Å².